The molecule has 102 valence electrons. The highest BCUT2D eigenvalue weighted by Gasteiger charge is 2.31. The van der Waals surface area contributed by atoms with Gasteiger partial charge in [-0.3, -0.25) is 4.79 Å². The number of allylic oxidation sites excluding steroid dienone is 1. The van der Waals surface area contributed by atoms with Crippen molar-refractivity contribution in [2.75, 3.05) is 7.05 Å². The second kappa shape index (κ2) is 5.16. The summed E-state index contributed by atoms with van der Waals surface area (Å²) in [5, 5.41) is -0.111. The van der Waals surface area contributed by atoms with Crippen LogP contribution < -0.4 is 4.74 Å². The van der Waals surface area contributed by atoms with Crippen LogP contribution in [0.4, 0.5) is 13.2 Å². The minimum Gasteiger partial charge on any atom is -0.406 e. The third-order valence-electron chi connectivity index (χ3n) is 2.46. The monoisotopic (exact) mass is 289 g/mol. The maximum Gasteiger partial charge on any atom is 0.573 e. The lowest BCUT2D eigenvalue weighted by Crippen LogP contribution is -2.17. The Hall–Kier alpha value is -1.63. The summed E-state index contributed by atoms with van der Waals surface area (Å²) >= 11 is 1.35. The van der Waals surface area contributed by atoms with Crippen molar-refractivity contribution in [1.82, 2.24) is 4.90 Å². The summed E-state index contributed by atoms with van der Waals surface area (Å²) in [6, 6.07) is 5.62. The molecule has 0 bridgehead atoms. The molecule has 7 heteroatoms. The zero-order chi connectivity index (χ0) is 14.0. The summed E-state index contributed by atoms with van der Waals surface area (Å²) < 4.78 is 39.9. The lowest BCUT2D eigenvalue weighted by Gasteiger charge is -2.20. The van der Waals surface area contributed by atoms with E-state index in [1.165, 1.54) is 23.9 Å². The van der Waals surface area contributed by atoms with Gasteiger partial charge in [0.15, 0.2) is 6.29 Å². The van der Waals surface area contributed by atoms with E-state index in [4.69, 9.17) is 0 Å². The van der Waals surface area contributed by atoms with Gasteiger partial charge in [0.1, 0.15) is 11.1 Å². The van der Waals surface area contributed by atoms with Gasteiger partial charge in [0.25, 0.3) is 0 Å². The van der Waals surface area contributed by atoms with Gasteiger partial charge in [-0.1, -0.05) is 23.9 Å². The molecular formula is C12H10F3NO2S. The van der Waals surface area contributed by atoms with Crippen molar-refractivity contribution in [2.45, 2.75) is 11.7 Å². The van der Waals surface area contributed by atoms with Crippen molar-refractivity contribution in [2.24, 2.45) is 0 Å². The number of rotatable bonds is 3. The van der Waals surface area contributed by atoms with E-state index < -0.39 is 6.36 Å². The van der Waals surface area contributed by atoms with Gasteiger partial charge in [0.05, 0.1) is 4.91 Å². The average molecular weight is 289 g/mol. The molecule has 1 aliphatic rings. The maximum absolute atomic E-state index is 12.0. The number of thioether (sulfide) groups is 1. The normalized spacial score (nSPS) is 19.3. The number of carbonyl (C=O) groups is 1. The number of hydrogen-bond acceptors (Lipinski definition) is 4. The molecule has 19 heavy (non-hydrogen) atoms. The smallest absolute Gasteiger partial charge is 0.406 e. The number of nitrogens with zero attached hydrogens (tertiary/aromatic N) is 1. The Morgan fingerprint density at radius 3 is 2.42 bits per heavy atom. The van der Waals surface area contributed by atoms with Crippen LogP contribution in [0.25, 0.3) is 0 Å². The zero-order valence-electron chi connectivity index (χ0n) is 9.85. The minimum absolute atomic E-state index is 0.111. The third kappa shape index (κ3) is 3.44. The van der Waals surface area contributed by atoms with Crippen molar-refractivity contribution >= 4 is 18.0 Å². The molecular weight excluding hydrogens is 279 g/mol. The number of aldehydes is 1. The van der Waals surface area contributed by atoms with Crippen molar-refractivity contribution in [1.29, 1.82) is 0 Å². The quantitative estimate of drug-likeness (QED) is 0.799. The van der Waals surface area contributed by atoms with Crippen molar-refractivity contribution in [3.8, 4) is 5.75 Å². The predicted octanol–water partition coefficient (Wildman–Crippen LogP) is 3.30. The molecule has 0 N–H and O–H groups in total. The fourth-order valence-corrected chi connectivity index (χ4v) is 2.77. The molecule has 0 fully saturated rings. The summed E-state index contributed by atoms with van der Waals surface area (Å²) in [7, 11) is 1.80. The van der Waals surface area contributed by atoms with Crippen LogP contribution in [0.5, 0.6) is 5.75 Å². The minimum atomic E-state index is -4.69. The standard InChI is InChI=1S/C12H10F3NO2S/c1-16-6-10(7-17)19-11(16)8-2-4-9(5-3-8)18-12(13,14)15/h2-7,11H,1H3. The molecule has 1 unspecified atom stereocenters. The van der Waals surface area contributed by atoms with Crippen molar-refractivity contribution < 1.29 is 22.7 Å². The summed E-state index contributed by atoms with van der Waals surface area (Å²) in [5.41, 5.74) is 0.801. The van der Waals surface area contributed by atoms with E-state index in [9.17, 15) is 18.0 Å². The Labute approximate surface area is 112 Å². The fraction of sp³-hybridized carbons (Fsp3) is 0.250. The van der Waals surface area contributed by atoms with E-state index in [2.05, 4.69) is 4.74 Å². The molecule has 0 saturated carbocycles. The molecule has 0 radical (unpaired) electrons. The van der Waals surface area contributed by atoms with Crippen LogP contribution in [-0.2, 0) is 4.79 Å². The lowest BCUT2D eigenvalue weighted by molar-refractivity contribution is -0.274. The van der Waals surface area contributed by atoms with Gasteiger partial charge in [0.2, 0.25) is 0 Å². The van der Waals surface area contributed by atoms with Gasteiger partial charge >= 0.3 is 6.36 Å². The Balaban J connectivity index is 2.10. The second-order valence-electron chi connectivity index (χ2n) is 3.90. The van der Waals surface area contributed by atoms with Crippen molar-refractivity contribution in [3.63, 3.8) is 0 Å². The molecule has 1 aromatic carbocycles. The number of hydrogen-bond donors (Lipinski definition) is 0. The van der Waals surface area contributed by atoms with Crippen LogP contribution >= 0.6 is 11.8 Å². The maximum atomic E-state index is 12.0. The van der Waals surface area contributed by atoms with E-state index >= 15 is 0 Å². The summed E-state index contributed by atoms with van der Waals surface area (Å²) in [4.78, 5) is 13.1. The Morgan fingerprint density at radius 2 is 1.95 bits per heavy atom. The first kappa shape index (κ1) is 13.8. The molecule has 0 aliphatic carbocycles. The SMILES string of the molecule is CN1C=C(C=O)SC1c1ccc(OC(F)(F)F)cc1. The molecule has 0 spiro atoms. The Kier molecular flexibility index (Phi) is 3.75. The first-order valence-electron chi connectivity index (χ1n) is 5.30. The first-order chi connectivity index (χ1) is 8.89. The second-order valence-corrected chi connectivity index (χ2v) is 5.06. The Morgan fingerprint density at radius 1 is 1.32 bits per heavy atom. The summed E-state index contributed by atoms with van der Waals surface area (Å²) in [5.74, 6) is -0.259. The van der Waals surface area contributed by atoms with E-state index in [1.807, 2.05) is 4.90 Å². The predicted molar refractivity (Wildman–Crippen MR) is 65.4 cm³/mol. The molecule has 1 heterocycles. The van der Waals surface area contributed by atoms with E-state index in [-0.39, 0.29) is 11.1 Å². The topological polar surface area (TPSA) is 29.5 Å². The van der Waals surface area contributed by atoms with Gasteiger partial charge in [0, 0.05) is 13.2 Å². The van der Waals surface area contributed by atoms with Crippen LogP contribution in [0.3, 0.4) is 0 Å². The highest BCUT2D eigenvalue weighted by atomic mass is 32.2. The highest BCUT2D eigenvalue weighted by molar-refractivity contribution is 8.04. The molecule has 0 saturated heterocycles. The molecule has 0 amide bonds. The van der Waals surface area contributed by atoms with E-state index in [0.29, 0.717) is 4.91 Å². The molecule has 1 atom stereocenters. The van der Waals surface area contributed by atoms with Gasteiger partial charge in [-0.2, -0.15) is 0 Å². The molecule has 1 aromatic rings. The molecule has 0 aromatic heterocycles. The van der Waals surface area contributed by atoms with Crippen LogP contribution in [0.2, 0.25) is 0 Å². The first-order valence-corrected chi connectivity index (χ1v) is 6.18. The highest BCUT2D eigenvalue weighted by Crippen LogP contribution is 2.42. The fourth-order valence-electron chi connectivity index (χ4n) is 1.71. The van der Waals surface area contributed by atoms with Crippen LogP contribution in [0.1, 0.15) is 10.9 Å². The number of halogens is 3. The average Bonchev–Trinajstić information content (AvgIpc) is 2.70. The lowest BCUT2D eigenvalue weighted by atomic mass is 10.2. The number of alkyl halides is 3. The van der Waals surface area contributed by atoms with Gasteiger partial charge in [-0.15, -0.1) is 13.2 Å². The number of ether oxygens (including phenoxy) is 1. The zero-order valence-corrected chi connectivity index (χ0v) is 10.7. The van der Waals surface area contributed by atoms with Gasteiger partial charge in [-0.05, 0) is 17.7 Å². The molecule has 2 rings (SSSR count). The van der Waals surface area contributed by atoms with Gasteiger partial charge < -0.3 is 9.64 Å². The van der Waals surface area contributed by atoms with E-state index in [0.717, 1.165) is 11.8 Å². The Bertz CT molecular complexity index is 499. The number of carbonyl (C=O) groups excluding carboxylic acids is 1. The van der Waals surface area contributed by atoms with Gasteiger partial charge in [-0.25, -0.2) is 0 Å². The summed E-state index contributed by atoms with van der Waals surface area (Å²) in [6.07, 6.45) is -2.24. The molecule has 1 aliphatic heterocycles. The van der Waals surface area contributed by atoms with E-state index in [1.54, 1.807) is 25.4 Å². The largest absolute Gasteiger partial charge is 0.573 e. The number of benzene rings is 1. The third-order valence-corrected chi connectivity index (χ3v) is 3.77. The summed E-state index contributed by atoms with van der Waals surface area (Å²) in [6.45, 7) is 0. The van der Waals surface area contributed by atoms with Crippen LogP contribution in [-0.4, -0.2) is 24.6 Å². The molecule has 3 nitrogen and oxygen atoms in total. The van der Waals surface area contributed by atoms with Crippen molar-refractivity contribution in [3.05, 3.63) is 40.9 Å². The van der Waals surface area contributed by atoms with Crippen LogP contribution in [0, 0.1) is 0 Å². The van der Waals surface area contributed by atoms with Crippen LogP contribution in [0.15, 0.2) is 35.4 Å².